The number of allylic oxidation sites excluding steroid dienone is 4. The van der Waals surface area contributed by atoms with Crippen LogP contribution in [0.3, 0.4) is 0 Å². The summed E-state index contributed by atoms with van der Waals surface area (Å²) in [7, 11) is 0. The summed E-state index contributed by atoms with van der Waals surface area (Å²) in [5, 5.41) is 10.2. The van der Waals surface area contributed by atoms with Crippen molar-refractivity contribution >= 4 is 5.91 Å². The molecule has 1 aliphatic rings. The Kier molecular flexibility index (Phi) is 10.8. The monoisotopic (exact) mass is 393 g/mol. The second-order valence-electron chi connectivity index (χ2n) is 7.15. The van der Waals surface area contributed by atoms with Crippen LogP contribution in [0.1, 0.15) is 59.3 Å². The number of unbranched alkanes of at least 4 members (excludes halogenated alkanes) is 1. The molecule has 1 fully saturated rings. The molecule has 1 rings (SSSR count). The lowest BCUT2D eigenvalue weighted by Gasteiger charge is -2.22. The van der Waals surface area contributed by atoms with Crippen molar-refractivity contribution < 1.29 is 18.7 Å². The average molecular weight is 394 g/mol. The fraction of sp³-hybridized carbons (Fsp3) is 0.609. The molecule has 1 amide bonds. The Morgan fingerprint density at radius 3 is 2.68 bits per heavy atom. The van der Waals surface area contributed by atoms with Crippen molar-refractivity contribution in [2.45, 2.75) is 77.4 Å². The van der Waals surface area contributed by atoms with Gasteiger partial charge in [0.05, 0.1) is 12.1 Å². The minimum Gasteiger partial charge on any atom is -0.389 e. The number of hydrogen-bond acceptors (Lipinski definition) is 2. The summed E-state index contributed by atoms with van der Waals surface area (Å²) in [6.45, 7) is 6.15. The van der Waals surface area contributed by atoms with Gasteiger partial charge in [0.15, 0.2) is 0 Å². The topological polar surface area (TPSA) is 40.5 Å². The summed E-state index contributed by atoms with van der Waals surface area (Å²) in [5.41, 5.74) is 0. The third kappa shape index (κ3) is 7.98. The number of aliphatic hydroxyl groups is 1. The first-order valence-corrected chi connectivity index (χ1v) is 10.2. The van der Waals surface area contributed by atoms with E-state index in [1.165, 1.54) is 11.0 Å². The maximum atomic E-state index is 13.9. The highest BCUT2D eigenvalue weighted by Crippen LogP contribution is 2.34. The molecule has 0 unspecified atom stereocenters. The van der Waals surface area contributed by atoms with E-state index in [0.29, 0.717) is 12.8 Å². The van der Waals surface area contributed by atoms with E-state index in [1.54, 1.807) is 6.08 Å². The van der Waals surface area contributed by atoms with Gasteiger partial charge in [0.2, 0.25) is 0 Å². The highest BCUT2D eigenvalue weighted by molar-refractivity contribution is 5.86. The van der Waals surface area contributed by atoms with Crippen LogP contribution in [0.5, 0.6) is 0 Å². The number of rotatable bonds is 10. The SMILES string of the molecule is CCC#CC[C@@H](C)[C@H](O)/C=C/[C@H]1CC(F)(F)C(=O)N1CCCC=CC=CCC. The van der Waals surface area contributed by atoms with Crippen LogP contribution in [0.15, 0.2) is 36.5 Å². The number of carbonyl (C=O) groups excluding carboxylic acids is 1. The third-order valence-electron chi connectivity index (χ3n) is 4.67. The van der Waals surface area contributed by atoms with Crippen LogP contribution < -0.4 is 0 Å². The maximum absolute atomic E-state index is 13.9. The van der Waals surface area contributed by atoms with Gasteiger partial charge in [0.25, 0.3) is 5.91 Å². The first-order chi connectivity index (χ1) is 13.3. The van der Waals surface area contributed by atoms with Crippen molar-refractivity contribution in [3.63, 3.8) is 0 Å². The van der Waals surface area contributed by atoms with Gasteiger partial charge in [-0.25, -0.2) is 0 Å². The molecule has 0 aromatic carbocycles. The van der Waals surface area contributed by atoms with Crippen LogP contribution >= 0.6 is 0 Å². The van der Waals surface area contributed by atoms with Crippen LogP contribution in [-0.4, -0.2) is 40.5 Å². The summed E-state index contributed by atoms with van der Waals surface area (Å²) >= 11 is 0. The summed E-state index contributed by atoms with van der Waals surface area (Å²) < 4.78 is 27.8. The molecule has 0 aromatic heterocycles. The van der Waals surface area contributed by atoms with E-state index in [1.807, 2.05) is 45.1 Å². The molecule has 3 nitrogen and oxygen atoms in total. The summed E-state index contributed by atoms with van der Waals surface area (Å²) in [6.07, 6.45) is 13.3. The van der Waals surface area contributed by atoms with Crippen LogP contribution in [0.4, 0.5) is 8.78 Å². The van der Waals surface area contributed by atoms with Gasteiger partial charge in [-0.3, -0.25) is 4.79 Å². The zero-order chi connectivity index (χ0) is 21.0. The van der Waals surface area contributed by atoms with Crippen molar-refractivity contribution in [1.29, 1.82) is 0 Å². The molecule has 3 atom stereocenters. The molecular weight excluding hydrogens is 360 g/mol. The molecule has 1 N–H and O–H groups in total. The van der Waals surface area contributed by atoms with Crippen LogP contribution in [0.2, 0.25) is 0 Å². The molecule has 0 aliphatic carbocycles. The molecule has 0 spiro atoms. The highest BCUT2D eigenvalue weighted by atomic mass is 19.3. The van der Waals surface area contributed by atoms with Gasteiger partial charge in [0, 0.05) is 25.8 Å². The fourth-order valence-corrected chi connectivity index (χ4v) is 2.94. The summed E-state index contributed by atoms with van der Waals surface area (Å²) in [6, 6.07) is -0.685. The average Bonchev–Trinajstić information content (AvgIpc) is 2.88. The third-order valence-corrected chi connectivity index (χ3v) is 4.67. The quantitative estimate of drug-likeness (QED) is 0.249. The Morgan fingerprint density at radius 1 is 1.29 bits per heavy atom. The molecule has 0 aromatic rings. The lowest BCUT2D eigenvalue weighted by Crippen LogP contribution is -2.36. The predicted molar refractivity (Wildman–Crippen MR) is 110 cm³/mol. The largest absolute Gasteiger partial charge is 0.389 e. The number of nitrogens with zero attached hydrogens (tertiary/aromatic N) is 1. The Balaban J connectivity index is 2.64. The fourth-order valence-electron chi connectivity index (χ4n) is 2.94. The van der Waals surface area contributed by atoms with Crippen LogP contribution in [0, 0.1) is 17.8 Å². The van der Waals surface area contributed by atoms with Gasteiger partial charge < -0.3 is 10.0 Å². The zero-order valence-electron chi connectivity index (χ0n) is 17.2. The van der Waals surface area contributed by atoms with Gasteiger partial charge in [-0.05, 0) is 25.2 Å². The summed E-state index contributed by atoms with van der Waals surface area (Å²) in [4.78, 5) is 13.3. The Bertz CT molecular complexity index is 628. The van der Waals surface area contributed by atoms with Crippen LogP contribution in [0.25, 0.3) is 0 Å². The van der Waals surface area contributed by atoms with Crippen molar-refractivity contribution in [2.75, 3.05) is 6.54 Å². The van der Waals surface area contributed by atoms with Gasteiger partial charge in [-0.15, -0.1) is 11.8 Å². The number of halogens is 2. The van der Waals surface area contributed by atoms with E-state index in [2.05, 4.69) is 11.8 Å². The number of amides is 1. The van der Waals surface area contributed by atoms with Gasteiger partial charge in [-0.2, -0.15) is 8.78 Å². The smallest absolute Gasteiger partial charge is 0.327 e. The molecule has 156 valence electrons. The lowest BCUT2D eigenvalue weighted by atomic mass is 9.99. The molecule has 0 radical (unpaired) electrons. The zero-order valence-corrected chi connectivity index (χ0v) is 17.2. The minimum atomic E-state index is -3.34. The minimum absolute atomic E-state index is 0.0947. The normalized spacial score (nSPS) is 21.6. The molecule has 0 bridgehead atoms. The summed E-state index contributed by atoms with van der Waals surface area (Å²) in [5.74, 6) is 1.39. The van der Waals surface area contributed by atoms with Crippen LogP contribution in [-0.2, 0) is 4.79 Å². The van der Waals surface area contributed by atoms with E-state index < -0.39 is 30.4 Å². The van der Waals surface area contributed by atoms with Crippen molar-refractivity contribution in [2.24, 2.45) is 5.92 Å². The first kappa shape index (κ1) is 24.1. The second-order valence-corrected chi connectivity index (χ2v) is 7.15. The number of alkyl halides is 2. The Labute approximate surface area is 168 Å². The molecular formula is C23H33F2NO2. The standard InChI is InChI=1S/C23H33F2NO2/c1-4-6-8-9-10-11-13-17-26-20(18-23(24,25)22(26)28)15-16-21(27)19(3)14-12-7-5-2/h6,8-10,15-16,19-21,27H,4-5,11,13-14,17-18H2,1-3H3/b8-6?,10-9?,16-15+/t19-,20+,21-/m1/s1. The van der Waals surface area contributed by atoms with E-state index in [4.69, 9.17) is 0 Å². The van der Waals surface area contributed by atoms with Gasteiger partial charge in [0.1, 0.15) is 0 Å². The van der Waals surface area contributed by atoms with E-state index in [9.17, 15) is 18.7 Å². The van der Waals surface area contributed by atoms with Gasteiger partial charge >= 0.3 is 5.92 Å². The molecule has 1 saturated heterocycles. The lowest BCUT2D eigenvalue weighted by molar-refractivity contribution is -0.148. The predicted octanol–water partition coefficient (Wildman–Crippen LogP) is 4.88. The van der Waals surface area contributed by atoms with E-state index >= 15 is 0 Å². The number of likely N-dealkylation sites (tertiary alicyclic amines) is 1. The Morgan fingerprint density at radius 2 is 2.00 bits per heavy atom. The van der Waals surface area contributed by atoms with Crippen molar-refractivity contribution in [3.8, 4) is 11.8 Å². The van der Waals surface area contributed by atoms with E-state index in [0.717, 1.165) is 19.3 Å². The maximum Gasteiger partial charge on any atom is 0.327 e. The number of carbonyl (C=O) groups is 1. The number of hydrogen-bond donors (Lipinski definition) is 1. The van der Waals surface area contributed by atoms with Crippen molar-refractivity contribution in [3.05, 3.63) is 36.5 Å². The first-order valence-electron chi connectivity index (χ1n) is 10.2. The second kappa shape index (κ2) is 12.5. The molecule has 0 saturated carbocycles. The van der Waals surface area contributed by atoms with Gasteiger partial charge in [-0.1, -0.05) is 57.2 Å². The molecule has 5 heteroatoms. The highest BCUT2D eigenvalue weighted by Gasteiger charge is 2.52. The molecule has 28 heavy (non-hydrogen) atoms. The number of aliphatic hydroxyl groups excluding tert-OH is 1. The molecule has 1 heterocycles. The Hall–Kier alpha value is -1.93. The van der Waals surface area contributed by atoms with E-state index in [-0.39, 0.29) is 12.5 Å². The van der Waals surface area contributed by atoms with Crippen molar-refractivity contribution in [1.82, 2.24) is 4.90 Å². The molecule has 1 aliphatic heterocycles.